The average molecular weight is 137 g/mol. The second-order valence-corrected chi connectivity index (χ2v) is 3.36. The largest absolute Gasteiger partial charge is 0.316 e. The summed E-state index contributed by atoms with van der Waals surface area (Å²) < 4.78 is 0. The van der Waals surface area contributed by atoms with Crippen molar-refractivity contribution in [2.45, 2.75) is 12.8 Å². The quantitative estimate of drug-likeness (QED) is 0.529. The van der Waals surface area contributed by atoms with Gasteiger partial charge < -0.3 is 5.32 Å². The molecule has 0 bridgehead atoms. The maximum Gasteiger partial charge on any atom is 0.120 e. The van der Waals surface area contributed by atoms with Crippen molar-refractivity contribution in [3.8, 4) is 0 Å². The van der Waals surface area contributed by atoms with Crippen LogP contribution >= 0.6 is 0 Å². The number of hydrogen-bond acceptors (Lipinski definition) is 2. The van der Waals surface area contributed by atoms with Crippen LogP contribution in [0.25, 0.3) is 0 Å². The molecule has 2 nitrogen and oxygen atoms in total. The summed E-state index contributed by atoms with van der Waals surface area (Å²) in [6, 6.07) is 0. The Bertz CT molecular complexity index is 195. The molecule has 1 heterocycles. The van der Waals surface area contributed by atoms with E-state index in [1.807, 2.05) is 5.94 Å². The van der Waals surface area contributed by atoms with Gasteiger partial charge in [-0.3, -0.25) is 0 Å². The minimum absolute atomic E-state index is 0.224. The van der Waals surface area contributed by atoms with Crippen molar-refractivity contribution in [1.82, 2.24) is 5.32 Å². The zero-order valence-electron chi connectivity index (χ0n) is 5.89. The fourth-order valence-corrected chi connectivity index (χ4v) is 2.09. The second kappa shape index (κ2) is 1.94. The van der Waals surface area contributed by atoms with Crippen LogP contribution in [-0.2, 0) is 4.79 Å². The van der Waals surface area contributed by atoms with Gasteiger partial charge in [0.25, 0.3) is 0 Å². The Hall–Kier alpha value is -0.590. The maximum atomic E-state index is 10.1. The molecule has 2 atom stereocenters. The van der Waals surface area contributed by atoms with E-state index in [1.54, 1.807) is 6.08 Å². The van der Waals surface area contributed by atoms with E-state index in [0.29, 0.717) is 0 Å². The first-order valence-corrected chi connectivity index (χ1v) is 3.80. The average Bonchev–Trinajstić information content (AvgIpc) is 2.15. The minimum Gasteiger partial charge on any atom is -0.316 e. The van der Waals surface area contributed by atoms with Crippen molar-refractivity contribution in [1.29, 1.82) is 0 Å². The van der Waals surface area contributed by atoms with Gasteiger partial charge >= 0.3 is 0 Å². The lowest BCUT2D eigenvalue weighted by molar-refractivity contribution is 0.148. The third-order valence-corrected chi connectivity index (χ3v) is 2.96. The van der Waals surface area contributed by atoms with Crippen LogP contribution in [0.3, 0.4) is 0 Å². The summed E-state index contributed by atoms with van der Waals surface area (Å²) in [4.78, 5) is 10.1. The van der Waals surface area contributed by atoms with E-state index in [2.05, 4.69) is 5.32 Å². The van der Waals surface area contributed by atoms with E-state index in [0.717, 1.165) is 19.0 Å². The second-order valence-electron chi connectivity index (χ2n) is 3.36. The van der Waals surface area contributed by atoms with Gasteiger partial charge in [0.1, 0.15) is 5.94 Å². The lowest BCUT2D eigenvalue weighted by Crippen LogP contribution is -2.37. The first-order valence-electron chi connectivity index (χ1n) is 3.80. The summed E-state index contributed by atoms with van der Waals surface area (Å²) >= 11 is 0. The Labute approximate surface area is 60.3 Å². The Morgan fingerprint density at radius 1 is 1.70 bits per heavy atom. The highest BCUT2D eigenvalue weighted by Crippen LogP contribution is 2.49. The van der Waals surface area contributed by atoms with Crippen LogP contribution in [0, 0.1) is 11.3 Å². The predicted molar refractivity (Wildman–Crippen MR) is 38.3 cm³/mol. The van der Waals surface area contributed by atoms with E-state index in [9.17, 15) is 4.79 Å². The van der Waals surface area contributed by atoms with Crippen molar-refractivity contribution < 1.29 is 4.79 Å². The summed E-state index contributed by atoms with van der Waals surface area (Å²) in [5.74, 6) is 2.65. The summed E-state index contributed by atoms with van der Waals surface area (Å²) in [7, 11) is 0. The first-order chi connectivity index (χ1) is 4.87. The van der Waals surface area contributed by atoms with Gasteiger partial charge in [0.15, 0.2) is 0 Å². The molecule has 2 heteroatoms. The standard InChI is InChI=1S/C8H11NO/c10-4-3-8-2-1-7(8)5-9-6-8/h3,7,9H,1-2,5-6H2. The molecule has 2 unspecified atom stereocenters. The van der Waals surface area contributed by atoms with Crippen LogP contribution in [0.1, 0.15) is 12.8 Å². The van der Waals surface area contributed by atoms with Crippen molar-refractivity contribution in [3.63, 3.8) is 0 Å². The molecule has 1 N–H and O–H groups in total. The molecule has 0 radical (unpaired) electrons. The topological polar surface area (TPSA) is 29.1 Å². The third kappa shape index (κ3) is 0.606. The molecule has 1 saturated carbocycles. The Morgan fingerprint density at radius 3 is 3.10 bits per heavy atom. The van der Waals surface area contributed by atoms with Crippen molar-refractivity contribution in [2.75, 3.05) is 13.1 Å². The lowest BCUT2D eigenvalue weighted by Gasteiger charge is -2.40. The molecule has 2 aliphatic rings. The van der Waals surface area contributed by atoms with E-state index in [1.165, 1.54) is 12.8 Å². The van der Waals surface area contributed by atoms with Crippen LogP contribution in [0.2, 0.25) is 0 Å². The van der Waals surface area contributed by atoms with E-state index in [-0.39, 0.29) is 5.41 Å². The number of carbonyl (C=O) groups excluding carboxylic acids is 1. The van der Waals surface area contributed by atoms with E-state index < -0.39 is 0 Å². The fraction of sp³-hybridized carbons (Fsp3) is 0.750. The number of hydrogen-bond donors (Lipinski definition) is 1. The molecule has 0 aromatic carbocycles. The molecule has 1 saturated heterocycles. The smallest absolute Gasteiger partial charge is 0.120 e. The molecular formula is C8H11NO. The van der Waals surface area contributed by atoms with Gasteiger partial charge in [-0.05, 0) is 25.3 Å². The van der Waals surface area contributed by atoms with Gasteiger partial charge in [-0.1, -0.05) is 0 Å². The van der Waals surface area contributed by atoms with Crippen molar-refractivity contribution in [3.05, 3.63) is 6.08 Å². The molecule has 54 valence electrons. The summed E-state index contributed by atoms with van der Waals surface area (Å²) in [6.45, 7) is 2.09. The molecular weight excluding hydrogens is 126 g/mol. The minimum atomic E-state index is 0.224. The normalized spacial score (nSPS) is 43.4. The predicted octanol–water partition coefficient (Wildman–Crippen LogP) is 0.374. The van der Waals surface area contributed by atoms with Crippen molar-refractivity contribution >= 4 is 5.94 Å². The molecule has 0 aromatic rings. The molecule has 1 aliphatic carbocycles. The highest BCUT2D eigenvalue weighted by atomic mass is 16.1. The van der Waals surface area contributed by atoms with E-state index >= 15 is 0 Å². The molecule has 2 fully saturated rings. The number of rotatable bonds is 1. The zero-order valence-corrected chi connectivity index (χ0v) is 5.89. The first kappa shape index (κ1) is 6.14. The van der Waals surface area contributed by atoms with Gasteiger partial charge in [0.05, 0.1) is 0 Å². The summed E-state index contributed by atoms with van der Waals surface area (Å²) in [5.41, 5.74) is 0.224. The highest BCUT2D eigenvalue weighted by molar-refractivity contribution is 5.48. The molecule has 0 spiro atoms. The summed E-state index contributed by atoms with van der Waals surface area (Å²) in [5, 5.41) is 3.30. The molecule has 1 aliphatic heterocycles. The Morgan fingerprint density at radius 2 is 2.60 bits per heavy atom. The Balaban J connectivity index is 2.21. The lowest BCUT2D eigenvalue weighted by atomic mass is 9.62. The van der Waals surface area contributed by atoms with Gasteiger partial charge in [-0.25, -0.2) is 4.79 Å². The molecule has 0 amide bonds. The zero-order chi connectivity index (χ0) is 7.03. The Kier molecular flexibility index (Phi) is 1.19. The van der Waals surface area contributed by atoms with Crippen LogP contribution < -0.4 is 5.32 Å². The van der Waals surface area contributed by atoms with E-state index in [4.69, 9.17) is 0 Å². The monoisotopic (exact) mass is 137 g/mol. The molecule has 0 aromatic heterocycles. The highest BCUT2D eigenvalue weighted by Gasteiger charge is 2.48. The van der Waals surface area contributed by atoms with Gasteiger partial charge in [0.2, 0.25) is 0 Å². The van der Waals surface area contributed by atoms with Crippen LogP contribution in [0.15, 0.2) is 6.08 Å². The van der Waals surface area contributed by atoms with Gasteiger partial charge in [-0.2, -0.15) is 0 Å². The van der Waals surface area contributed by atoms with Crippen molar-refractivity contribution in [2.24, 2.45) is 11.3 Å². The SMILES string of the molecule is O=C=CC12CCC1CNC2. The summed E-state index contributed by atoms with van der Waals surface area (Å²) in [6.07, 6.45) is 4.19. The van der Waals surface area contributed by atoms with Gasteiger partial charge in [-0.15, -0.1) is 0 Å². The molecule has 2 rings (SSSR count). The molecule has 10 heavy (non-hydrogen) atoms. The van der Waals surface area contributed by atoms with Crippen LogP contribution in [0.5, 0.6) is 0 Å². The number of nitrogens with one attached hydrogen (secondary N) is 1. The number of fused-ring (bicyclic) bond motifs is 1. The van der Waals surface area contributed by atoms with Gasteiger partial charge in [0, 0.05) is 18.0 Å². The fourth-order valence-electron chi connectivity index (χ4n) is 2.09. The van der Waals surface area contributed by atoms with Crippen LogP contribution in [0.4, 0.5) is 0 Å². The third-order valence-electron chi connectivity index (χ3n) is 2.96. The maximum absolute atomic E-state index is 10.1. The van der Waals surface area contributed by atoms with Crippen LogP contribution in [-0.4, -0.2) is 19.0 Å².